The summed E-state index contributed by atoms with van der Waals surface area (Å²) >= 11 is 0. The Labute approximate surface area is 151 Å². The van der Waals surface area contributed by atoms with E-state index in [4.69, 9.17) is 4.43 Å². The molecule has 130 valence electrons. The molecule has 0 radical (unpaired) electrons. The van der Waals surface area contributed by atoms with E-state index in [1.807, 2.05) is 0 Å². The van der Waals surface area contributed by atoms with Gasteiger partial charge in [-0.2, -0.15) is 0 Å². The quantitative estimate of drug-likeness (QED) is 0.591. The molecule has 4 rings (SSSR count). The molecule has 0 bridgehead atoms. The van der Waals surface area contributed by atoms with Crippen LogP contribution in [0.15, 0.2) is 54.7 Å². The molecule has 3 heteroatoms. The fraction of sp³-hybridized carbons (Fsp3) is 0.364. The third-order valence-electron chi connectivity index (χ3n) is 5.78. The van der Waals surface area contributed by atoms with Gasteiger partial charge in [0.25, 0.3) is 0 Å². The highest BCUT2D eigenvalue weighted by Crippen LogP contribution is 2.40. The van der Waals surface area contributed by atoms with E-state index >= 15 is 0 Å². The van der Waals surface area contributed by atoms with E-state index in [0.29, 0.717) is 11.1 Å². The maximum atomic E-state index is 6.69. The summed E-state index contributed by atoms with van der Waals surface area (Å²) in [6.45, 7) is 11.1. The minimum absolute atomic E-state index is 0.573. The summed E-state index contributed by atoms with van der Waals surface area (Å²) in [5.41, 5.74) is 5.20. The highest BCUT2D eigenvalue weighted by atomic mass is 28.4. The summed E-state index contributed by atoms with van der Waals surface area (Å²) < 4.78 is 9.10. The Balaban J connectivity index is 1.90. The van der Waals surface area contributed by atoms with E-state index in [2.05, 4.69) is 87.0 Å². The second-order valence-corrected chi connectivity index (χ2v) is 12.6. The zero-order valence-electron chi connectivity index (χ0n) is 15.6. The van der Waals surface area contributed by atoms with E-state index in [1.165, 1.54) is 27.2 Å². The number of hydrogen-bond donors (Lipinski definition) is 0. The Morgan fingerprint density at radius 2 is 1.68 bits per heavy atom. The van der Waals surface area contributed by atoms with Crippen LogP contribution >= 0.6 is 0 Å². The van der Waals surface area contributed by atoms with Crippen LogP contribution in [0.2, 0.25) is 11.1 Å². The maximum absolute atomic E-state index is 6.69. The lowest BCUT2D eigenvalue weighted by Crippen LogP contribution is -2.57. The zero-order valence-corrected chi connectivity index (χ0v) is 16.6. The van der Waals surface area contributed by atoms with Crippen LogP contribution in [0, 0.1) is 0 Å². The van der Waals surface area contributed by atoms with Crippen LogP contribution in [0.1, 0.15) is 38.8 Å². The first-order valence-corrected chi connectivity index (χ1v) is 11.4. The number of benzene rings is 2. The van der Waals surface area contributed by atoms with E-state index in [-0.39, 0.29) is 0 Å². The molecule has 0 fully saturated rings. The van der Waals surface area contributed by atoms with Crippen LogP contribution in [0.3, 0.4) is 0 Å². The van der Waals surface area contributed by atoms with Crippen molar-refractivity contribution in [2.24, 2.45) is 0 Å². The Morgan fingerprint density at radius 1 is 0.960 bits per heavy atom. The minimum Gasteiger partial charge on any atom is -0.407 e. The first kappa shape index (κ1) is 16.6. The lowest BCUT2D eigenvalue weighted by atomic mass is 10.2. The van der Waals surface area contributed by atoms with Crippen molar-refractivity contribution in [2.75, 3.05) is 0 Å². The normalized spacial score (nSPS) is 16.1. The topological polar surface area (TPSA) is 14.2 Å². The van der Waals surface area contributed by atoms with Gasteiger partial charge < -0.3 is 8.99 Å². The molecule has 2 nitrogen and oxygen atoms in total. The van der Waals surface area contributed by atoms with Gasteiger partial charge in [0, 0.05) is 29.2 Å². The number of rotatable bonds is 4. The summed E-state index contributed by atoms with van der Waals surface area (Å²) in [6.07, 6.45) is 2.31. The fourth-order valence-electron chi connectivity index (χ4n) is 4.68. The van der Waals surface area contributed by atoms with Gasteiger partial charge in [-0.25, -0.2) is 0 Å². The molecular formula is C22H27NOSi. The van der Waals surface area contributed by atoms with Crippen LogP contribution in [-0.4, -0.2) is 12.9 Å². The molecule has 0 saturated carbocycles. The van der Waals surface area contributed by atoms with Crippen molar-refractivity contribution in [3.8, 4) is 0 Å². The van der Waals surface area contributed by atoms with Crippen molar-refractivity contribution in [3.05, 3.63) is 65.9 Å². The van der Waals surface area contributed by atoms with Gasteiger partial charge in [-0.3, -0.25) is 0 Å². The van der Waals surface area contributed by atoms with Gasteiger partial charge in [0.15, 0.2) is 0 Å². The molecular weight excluding hydrogens is 322 g/mol. The summed E-state index contributed by atoms with van der Waals surface area (Å²) in [7, 11) is -1.98. The van der Waals surface area contributed by atoms with Gasteiger partial charge in [0.05, 0.1) is 6.61 Å². The van der Waals surface area contributed by atoms with Crippen molar-refractivity contribution in [1.82, 2.24) is 4.57 Å². The van der Waals surface area contributed by atoms with Gasteiger partial charge in [-0.15, -0.1) is 0 Å². The summed E-state index contributed by atoms with van der Waals surface area (Å²) in [5, 5.41) is 2.97. The van der Waals surface area contributed by atoms with E-state index in [9.17, 15) is 0 Å². The van der Waals surface area contributed by atoms with Crippen molar-refractivity contribution in [2.45, 2.75) is 51.9 Å². The highest BCUT2D eigenvalue weighted by molar-refractivity contribution is 6.90. The average molecular weight is 350 g/mol. The Hall–Kier alpha value is -1.84. The van der Waals surface area contributed by atoms with Crippen LogP contribution in [0.5, 0.6) is 0 Å². The Morgan fingerprint density at radius 3 is 2.36 bits per heavy atom. The Kier molecular flexibility index (Phi) is 4.09. The van der Waals surface area contributed by atoms with Crippen molar-refractivity contribution in [3.63, 3.8) is 0 Å². The molecule has 1 aromatic heterocycles. The first-order chi connectivity index (χ1) is 12.0. The lowest BCUT2D eigenvalue weighted by molar-refractivity contribution is 0.281. The molecule has 0 spiro atoms. The summed E-state index contributed by atoms with van der Waals surface area (Å²) in [4.78, 5) is 0. The largest absolute Gasteiger partial charge is 0.407 e. The molecule has 2 aromatic carbocycles. The van der Waals surface area contributed by atoms with E-state index in [0.717, 1.165) is 13.2 Å². The maximum Gasteiger partial charge on any atom is 0.230 e. The standard InChI is InChI=1S/C22H27NOSi/c1-16(2)25(17(3)4)21-12-8-11-20-22(21)19(15-24-25)14-23(20)13-18-9-6-5-7-10-18/h5-12,14,16-17H,13,15H2,1-4H3. The van der Waals surface area contributed by atoms with Crippen LogP contribution in [-0.2, 0) is 17.6 Å². The van der Waals surface area contributed by atoms with Crippen LogP contribution in [0.4, 0.5) is 0 Å². The summed E-state index contributed by atoms with van der Waals surface area (Å²) in [6, 6.07) is 17.5. The molecule has 0 aliphatic carbocycles. The molecule has 2 heterocycles. The molecule has 25 heavy (non-hydrogen) atoms. The Bertz CT molecular complexity index is 887. The molecule has 3 aromatic rings. The average Bonchev–Trinajstić information content (AvgIpc) is 2.95. The fourth-order valence-corrected chi connectivity index (χ4v) is 9.51. The number of nitrogens with zero attached hydrogens (tertiary/aromatic N) is 1. The molecule has 1 aliphatic heterocycles. The van der Waals surface area contributed by atoms with Crippen molar-refractivity contribution < 1.29 is 4.43 Å². The highest BCUT2D eigenvalue weighted by Gasteiger charge is 2.47. The first-order valence-electron chi connectivity index (χ1n) is 9.33. The molecule has 0 amide bonds. The molecule has 0 N–H and O–H groups in total. The van der Waals surface area contributed by atoms with E-state index in [1.54, 1.807) is 0 Å². The molecule has 1 aliphatic rings. The van der Waals surface area contributed by atoms with Crippen molar-refractivity contribution >= 4 is 24.4 Å². The van der Waals surface area contributed by atoms with Gasteiger partial charge >= 0.3 is 0 Å². The SMILES string of the molecule is CC(C)[Si]1(C(C)C)OCc2cn(Cc3ccccc3)c3cccc1c23. The predicted molar refractivity (Wildman–Crippen MR) is 108 cm³/mol. The van der Waals surface area contributed by atoms with Gasteiger partial charge in [-0.1, -0.05) is 70.2 Å². The predicted octanol–water partition coefficient (Wildman–Crippen LogP) is 5.19. The zero-order chi connectivity index (χ0) is 17.6. The molecule has 0 unspecified atom stereocenters. The van der Waals surface area contributed by atoms with Gasteiger partial charge in [0.2, 0.25) is 8.32 Å². The number of aromatic nitrogens is 1. The lowest BCUT2D eigenvalue weighted by Gasteiger charge is -2.42. The monoisotopic (exact) mass is 349 g/mol. The van der Waals surface area contributed by atoms with Crippen molar-refractivity contribution in [1.29, 1.82) is 0 Å². The summed E-state index contributed by atoms with van der Waals surface area (Å²) in [5.74, 6) is 0. The third-order valence-corrected chi connectivity index (χ3v) is 11.1. The molecule has 0 saturated heterocycles. The van der Waals surface area contributed by atoms with Crippen LogP contribution in [0.25, 0.3) is 10.9 Å². The van der Waals surface area contributed by atoms with Gasteiger partial charge in [-0.05, 0) is 27.9 Å². The number of hydrogen-bond acceptors (Lipinski definition) is 1. The van der Waals surface area contributed by atoms with Crippen LogP contribution < -0.4 is 5.19 Å². The van der Waals surface area contributed by atoms with E-state index < -0.39 is 8.32 Å². The minimum atomic E-state index is -1.98. The second-order valence-electron chi connectivity index (χ2n) is 7.86. The van der Waals surface area contributed by atoms with Gasteiger partial charge in [0.1, 0.15) is 0 Å². The molecule has 0 atom stereocenters. The smallest absolute Gasteiger partial charge is 0.230 e. The second kappa shape index (κ2) is 6.15. The third kappa shape index (κ3) is 2.49.